The Bertz CT molecular complexity index is 989. The quantitative estimate of drug-likeness (QED) is 0.763. The minimum absolute atomic E-state index is 0.0324. The largest absolute Gasteiger partial charge is 0.305 e. The van der Waals surface area contributed by atoms with E-state index in [9.17, 15) is 12.8 Å². The Morgan fingerprint density at radius 3 is 2.70 bits per heavy atom. The molecule has 120 valence electrons. The van der Waals surface area contributed by atoms with Gasteiger partial charge in [0.25, 0.3) is 0 Å². The molecule has 0 saturated carbocycles. The monoisotopic (exact) mass is 373 g/mol. The van der Waals surface area contributed by atoms with Gasteiger partial charge in [-0.3, -0.25) is 0 Å². The number of hydrogen-bond acceptors (Lipinski definition) is 3. The third-order valence-electron chi connectivity index (χ3n) is 3.09. The van der Waals surface area contributed by atoms with E-state index in [1.807, 2.05) is 0 Å². The predicted molar refractivity (Wildman–Crippen MR) is 85.6 cm³/mol. The van der Waals surface area contributed by atoms with Crippen LogP contribution < -0.4 is 4.72 Å². The van der Waals surface area contributed by atoms with Gasteiger partial charge in [-0.25, -0.2) is 22.5 Å². The van der Waals surface area contributed by atoms with Gasteiger partial charge in [0, 0.05) is 12.4 Å². The molecule has 2 aromatic heterocycles. The van der Waals surface area contributed by atoms with Crippen LogP contribution >= 0.6 is 23.2 Å². The fourth-order valence-corrected chi connectivity index (χ4v) is 3.74. The van der Waals surface area contributed by atoms with Crippen LogP contribution in [-0.2, 0) is 16.6 Å². The Morgan fingerprint density at radius 1 is 1.17 bits per heavy atom. The predicted octanol–water partition coefficient (Wildman–Crippen LogP) is 3.26. The maximum absolute atomic E-state index is 13.0. The first kappa shape index (κ1) is 16.2. The molecule has 0 unspecified atom stereocenters. The van der Waals surface area contributed by atoms with Gasteiger partial charge in [-0.2, -0.15) is 0 Å². The van der Waals surface area contributed by atoms with Crippen molar-refractivity contribution in [2.75, 3.05) is 0 Å². The van der Waals surface area contributed by atoms with Crippen LogP contribution in [0.4, 0.5) is 4.39 Å². The van der Waals surface area contributed by atoms with Crippen LogP contribution in [0.5, 0.6) is 0 Å². The van der Waals surface area contributed by atoms with E-state index in [2.05, 4.69) is 9.71 Å². The van der Waals surface area contributed by atoms with Gasteiger partial charge in [-0.15, -0.1) is 0 Å². The summed E-state index contributed by atoms with van der Waals surface area (Å²) in [6.07, 6.45) is 3.33. The van der Waals surface area contributed by atoms with Crippen molar-refractivity contribution in [3.8, 4) is 0 Å². The summed E-state index contributed by atoms with van der Waals surface area (Å²) in [6, 6.07) is 6.51. The molecule has 0 radical (unpaired) electrons. The molecule has 9 heteroatoms. The van der Waals surface area contributed by atoms with E-state index in [1.165, 1.54) is 0 Å². The summed E-state index contributed by atoms with van der Waals surface area (Å²) in [6.45, 7) is -0.0324. The first-order valence-electron chi connectivity index (χ1n) is 6.43. The Kier molecular flexibility index (Phi) is 4.29. The molecule has 0 saturated heterocycles. The lowest BCUT2D eigenvalue weighted by atomic mass is 10.3. The number of nitrogens with one attached hydrogen (secondary N) is 1. The molecule has 0 amide bonds. The highest BCUT2D eigenvalue weighted by atomic mass is 35.5. The van der Waals surface area contributed by atoms with Crippen LogP contribution in [0.25, 0.3) is 5.65 Å². The van der Waals surface area contributed by atoms with E-state index >= 15 is 0 Å². The summed E-state index contributed by atoms with van der Waals surface area (Å²) in [4.78, 5) is 4.08. The lowest BCUT2D eigenvalue weighted by Gasteiger charge is -2.07. The van der Waals surface area contributed by atoms with Gasteiger partial charge in [0.15, 0.2) is 0 Å². The third kappa shape index (κ3) is 3.48. The zero-order valence-electron chi connectivity index (χ0n) is 11.5. The molecule has 3 aromatic rings. The molecule has 0 aliphatic heterocycles. The Balaban J connectivity index is 1.82. The number of fused-ring (bicyclic) bond motifs is 1. The van der Waals surface area contributed by atoms with Crippen LogP contribution in [0.1, 0.15) is 5.69 Å². The van der Waals surface area contributed by atoms with Crippen molar-refractivity contribution in [3.63, 3.8) is 0 Å². The SMILES string of the molecule is O=S(=O)(NCc1cn2cc(Cl)ccc2n1)c1ccc(F)cc1Cl. The number of hydrogen-bond donors (Lipinski definition) is 1. The lowest BCUT2D eigenvalue weighted by Crippen LogP contribution is -2.23. The highest BCUT2D eigenvalue weighted by Crippen LogP contribution is 2.22. The minimum Gasteiger partial charge on any atom is -0.305 e. The third-order valence-corrected chi connectivity index (χ3v) is 5.20. The topological polar surface area (TPSA) is 63.5 Å². The molecule has 0 bridgehead atoms. The fourth-order valence-electron chi connectivity index (χ4n) is 2.04. The van der Waals surface area contributed by atoms with Crippen LogP contribution in [0.15, 0.2) is 47.6 Å². The van der Waals surface area contributed by atoms with Gasteiger partial charge in [0.1, 0.15) is 16.4 Å². The number of imidazole rings is 1. The smallest absolute Gasteiger partial charge is 0.242 e. The zero-order valence-corrected chi connectivity index (χ0v) is 13.8. The molecule has 0 atom stereocenters. The summed E-state index contributed by atoms with van der Waals surface area (Å²) in [5.74, 6) is -0.605. The summed E-state index contributed by atoms with van der Waals surface area (Å²) < 4.78 is 41.6. The molecule has 23 heavy (non-hydrogen) atoms. The van der Waals surface area contributed by atoms with Crippen molar-refractivity contribution < 1.29 is 12.8 Å². The highest BCUT2D eigenvalue weighted by molar-refractivity contribution is 7.89. The molecular formula is C14H10Cl2FN3O2S. The Hall–Kier alpha value is -1.67. The van der Waals surface area contributed by atoms with Gasteiger partial charge in [-0.05, 0) is 30.3 Å². The van der Waals surface area contributed by atoms with Gasteiger partial charge < -0.3 is 4.40 Å². The second-order valence-corrected chi connectivity index (χ2v) is 7.32. The molecule has 1 aromatic carbocycles. The number of aromatic nitrogens is 2. The van der Waals surface area contributed by atoms with Crippen molar-refractivity contribution in [2.24, 2.45) is 0 Å². The van der Waals surface area contributed by atoms with Crippen LogP contribution in [0.2, 0.25) is 10.0 Å². The van der Waals surface area contributed by atoms with Gasteiger partial charge in [0.05, 0.1) is 22.3 Å². The van der Waals surface area contributed by atoms with Crippen molar-refractivity contribution in [2.45, 2.75) is 11.4 Å². The molecule has 0 aliphatic rings. The van der Waals surface area contributed by atoms with Gasteiger partial charge >= 0.3 is 0 Å². The van der Waals surface area contributed by atoms with E-state index in [0.29, 0.717) is 16.4 Å². The maximum Gasteiger partial charge on any atom is 0.242 e. The molecule has 0 spiro atoms. The average Bonchev–Trinajstić information content (AvgIpc) is 2.87. The van der Waals surface area contributed by atoms with E-state index < -0.39 is 15.8 Å². The minimum atomic E-state index is -3.88. The highest BCUT2D eigenvalue weighted by Gasteiger charge is 2.18. The van der Waals surface area contributed by atoms with Gasteiger partial charge in [-0.1, -0.05) is 23.2 Å². The van der Waals surface area contributed by atoms with E-state index in [4.69, 9.17) is 23.2 Å². The van der Waals surface area contributed by atoms with Crippen molar-refractivity contribution in [3.05, 3.63) is 64.3 Å². The van der Waals surface area contributed by atoms with Crippen LogP contribution in [-0.4, -0.2) is 17.8 Å². The maximum atomic E-state index is 13.0. The van der Waals surface area contributed by atoms with Crippen LogP contribution in [0.3, 0.4) is 0 Å². The van der Waals surface area contributed by atoms with E-state index in [1.54, 1.807) is 28.9 Å². The fraction of sp³-hybridized carbons (Fsp3) is 0.0714. The van der Waals surface area contributed by atoms with Crippen molar-refractivity contribution >= 4 is 38.9 Å². The summed E-state index contributed by atoms with van der Waals surface area (Å²) >= 11 is 11.7. The molecule has 1 N–H and O–H groups in total. The number of benzene rings is 1. The standard InChI is InChI=1S/C14H10Cl2FN3O2S/c15-9-1-4-14-19-11(8-20(14)7-9)6-18-23(21,22)13-3-2-10(17)5-12(13)16/h1-5,7-8,18H,6H2. The lowest BCUT2D eigenvalue weighted by molar-refractivity contribution is 0.579. The number of pyridine rings is 1. The second kappa shape index (κ2) is 6.09. The first-order chi connectivity index (χ1) is 10.8. The molecule has 0 aliphatic carbocycles. The first-order valence-corrected chi connectivity index (χ1v) is 8.67. The number of nitrogens with zero attached hydrogens (tertiary/aromatic N) is 2. The normalized spacial score (nSPS) is 12.0. The zero-order chi connectivity index (χ0) is 16.6. The average molecular weight is 374 g/mol. The van der Waals surface area contributed by atoms with Crippen molar-refractivity contribution in [1.29, 1.82) is 0 Å². The molecular weight excluding hydrogens is 364 g/mol. The summed E-state index contributed by atoms with van der Waals surface area (Å²) in [5.41, 5.74) is 1.15. The molecule has 0 fully saturated rings. The number of halogens is 3. The van der Waals surface area contributed by atoms with E-state index in [-0.39, 0.29) is 16.5 Å². The van der Waals surface area contributed by atoms with Gasteiger partial charge in [0.2, 0.25) is 10.0 Å². The molecule has 2 heterocycles. The second-order valence-electron chi connectivity index (χ2n) is 4.74. The van der Waals surface area contributed by atoms with Crippen LogP contribution in [0, 0.1) is 5.82 Å². The molecule has 3 rings (SSSR count). The number of sulfonamides is 1. The molecule has 5 nitrogen and oxygen atoms in total. The Morgan fingerprint density at radius 2 is 1.96 bits per heavy atom. The number of rotatable bonds is 4. The van der Waals surface area contributed by atoms with E-state index in [0.717, 1.165) is 18.2 Å². The Labute approximate surface area is 141 Å². The summed E-state index contributed by atoms with van der Waals surface area (Å²) in [7, 11) is -3.88. The summed E-state index contributed by atoms with van der Waals surface area (Å²) in [5, 5.41) is 0.361. The van der Waals surface area contributed by atoms with Crippen molar-refractivity contribution in [1.82, 2.24) is 14.1 Å².